The number of amides is 3. The van der Waals surface area contributed by atoms with E-state index in [0.717, 1.165) is 85.2 Å². The zero-order chi connectivity index (χ0) is 93.0. The van der Waals surface area contributed by atoms with Gasteiger partial charge in [0.05, 0.1) is 0 Å². The molecule has 0 atom stereocenters. The molecule has 0 aliphatic carbocycles. The number of carbonyl (C=O) groups is 4. The molecule has 29 nitrogen and oxygen atoms in total. The molecule has 0 unspecified atom stereocenters. The smallest absolute Gasteiger partial charge is 0.412 e. The third-order valence-corrected chi connectivity index (χ3v) is 16.9. The second-order valence-electron chi connectivity index (χ2n) is 29.1. The third kappa shape index (κ3) is 46.3. The van der Waals surface area contributed by atoms with Crippen molar-refractivity contribution in [2.75, 3.05) is 70.4 Å². The van der Waals surface area contributed by atoms with E-state index in [0.29, 0.717) is 74.2 Å². The van der Waals surface area contributed by atoms with Gasteiger partial charge in [0.15, 0.2) is 0 Å². The number of rotatable bonds is 19. The summed E-state index contributed by atoms with van der Waals surface area (Å²) < 4.78 is 10.4. The molecule has 0 saturated carbocycles. The number of nitrogen functional groups attached to an aromatic ring is 3. The van der Waals surface area contributed by atoms with Crippen molar-refractivity contribution in [3.63, 3.8) is 0 Å². The van der Waals surface area contributed by atoms with Crippen molar-refractivity contribution < 1.29 is 28.7 Å². The van der Waals surface area contributed by atoms with Crippen LogP contribution in [-0.4, -0.2) is 84.4 Å². The molecule has 0 bridgehead atoms. The predicted molar refractivity (Wildman–Crippen MR) is 563 cm³/mol. The Morgan fingerprint density at radius 2 is 0.567 bits per heavy atom. The molecule has 0 spiro atoms. The first-order chi connectivity index (χ1) is 61.1. The van der Waals surface area contributed by atoms with Gasteiger partial charge in [0.1, 0.15) is 39.0 Å². The highest BCUT2D eigenvalue weighted by Gasteiger charge is 2.19. The molecular weight excluding hydrogens is 1770 g/mol. The first kappa shape index (κ1) is 117. The van der Waals surface area contributed by atoms with Gasteiger partial charge in [-0.05, 0) is 245 Å². The molecule has 708 valence electrons. The van der Waals surface area contributed by atoms with Crippen LogP contribution in [0.3, 0.4) is 0 Å². The normalized spacial score (nSPS) is 9.66. The number of nitrogens with one attached hydrogen (secondary N) is 10. The Bertz CT molecular complexity index is 5900. The van der Waals surface area contributed by atoms with Gasteiger partial charge in [-0.3, -0.25) is 20.2 Å². The number of nitrogens with zero attached hydrogens (tertiary/aromatic N) is 10. The van der Waals surface area contributed by atoms with Gasteiger partial charge in [-0.25, -0.2) is 44.5 Å². The fourth-order valence-electron chi connectivity index (χ4n) is 9.85. The Labute approximate surface area is 809 Å². The van der Waals surface area contributed by atoms with Crippen molar-refractivity contribution >= 4 is 185 Å². The van der Waals surface area contributed by atoms with E-state index in [9.17, 15) is 19.2 Å². The summed E-state index contributed by atoms with van der Waals surface area (Å²) >= 11 is 21.6. The Balaban J connectivity index is 0.000000796. The monoisotopic (exact) mass is 1900 g/mol. The van der Waals surface area contributed by atoms with Gasteiger partial charge in [-0.15, -0.1) is 0 Å². The molecule has 5 aromatic heterocycles. The number of anilines is 20. The van der Waals surface area contributed by atoms with Crippen LogP contribution < -0.4 is 70.4 Å². The maximum atomic E-state index is 12.0. The molecule has 0 radical (unpaired) electrons. The van der Waals surface area contributed by atoms with Crippen LogP contribution >= 0.6 is 46.4 Å². The lowest BCUT2D eigenvalue weighted by atomic mass is 10.2. The third-order valence-electron chi connectivity index (χ3n) is 15.8. The molecule has 16 N–H and O–H groups in total. The molecular formula is C101H125Cl4N23O6. The van der Waals surface area contributed by atoms with Gasteiger partial charge in [-0.1, -0.05) is 196 Å². The lowest BCUT2D eigenvalue weighted by Crippen LogP contribution is -2.27. The number of ether oxygens (including phenoxy) is 2. The molecule has 3 amide bonds. The van der Waals surface area contributed by atoms with Gasteiger partial charge < -0.3 is 69.2 Å². The molecule has 14 aromatic rings. The van der Waals surface area contributed by atoms with Crippen LogP contribution in [0.25, 0.3) is 0 Å². The summed E-state index contributed by atoms with van der Waals surface area (Å²) in [6.07, 6.45) is 9.87. The molecule has 0 fully saturated rings. The number of hydrogen-bond acceptors (Lipinski definition) is 26. The highest BCUT2D eigenvalue weighted by molar-refractivity contribution is 6.66. The molecule has 134 heavy (non-hydrogen) atoms. The van der Waals surface area contributed by atoms with E-state index < -0.39 is 28.6 Å². The van der Waals surface area contributed by atoms with E-state index in [-0.39, 0.29) is 55.8 Å². The number of aryl methyl sites for hydroxylation is 5. The number of para-hydroxylation sites is 5. The summed E-state index contributed by atoms with van der Waals surface area (Å²) in [5, 5.41) is 31.0. The molecule has 33 heteroatoms. The van der Waals surface area contributed by atoms with Crippen molar-refractivity contribution in [3.05, 3.63) is 348 Å². The molecule has 5 heterocycles. The van der Waals surface area contributed by atoms with Gasteiger partial charge >= 0.3 is 12.2 Å². The summed E-state index contributed by atoms with van der Waals surface area (Å²) in [4.78, 5) is 86.5. The summed E-state index contributed by atoms with van der Waals surface area (Å²) in [5.41, 5.74) is 30.4. The fraction of sp³-hybridized carbons (Fsp3) is 0.188. The van der Waals surface area contributed by atoms with Crippen LogP contribution in [0.15, 0.2) is 305 Å². The van der Waals surface area contributed by atoms with Crippen molar-refractivity contribution in [2.45, 2.75) is 132 Å². The van der Waals surface area contributed by atoms with Crippen LogP contribution in [0.4, 0.5) is 125 Å². The van der Waals surface area contributed by atoms with Crippen LogP contribution in [0.1, 0.15) is 114 Å². The topological polar surface area (TPSA) is 414 Å². The molecule has 0 saturated heterocycles. The Morgan fingerprint density at radius 1 is 0.313 bits per heavy atom. The van der Waals surface area contributed by atoms with Crippen molar-refractivity contribution in [2.24, 2.45) is 0 Å². The summed E-state index contributed by atoms with van der Waals surface area (Å²) in [6.45, 7) is 26.9. The quantitative estimate of drug-likeness (QED) is 0.0118. The van der Waals surface area contributed by atoms with Crippen LogP contribution in [0.2, 0.25) is 15.6 Å². The lowest BCUT2D eigenvalue weighted by Gasteiger charge is -2.20. The predicted octanol–water partition coefficient (Wildman–Crippen LogP) is 27.8. The van der Waals surface area contributed by atoms with Crippen LogP contribution in [-0.2, 0) is 19.1 Å². The van der Waals surface area contributed by atoms with E-state index in [4.69, 9.17) is 73.1 Å². The average molecular weight is 1900 g/mol. The second kappa shape index (κ2) is 60.6. The van der Waals surface area contributed by atoms with E-state index >= 15 is 0 Å². The first-order valence-electron chi connectivity index (χ1n) is 39.3. The Hall–Kier alpha value is -15.3. The molecule has 0 aliphatic rings. The standard InChI is InChI=1S/C22H25N5O2.C20H19N5O.C17H17N5.C11H10ClN3.C11H16N2O2.C6H7N.C5H4Cl2N2.C3H3ClO.6CH4/c1-15-14-23-20(25-16-9-6-5-7-10-16)27-19(15)24-17-11-8-12-18(13-17)26-21(28)29-22(2,3)4;1-3-18(26)22-16-10-7-11-17(12-16)23-19-14(2)13-21-20(25-19)24-15-8-5-4-6-9-15;1-12-11-19-17(21-14-7-3-2-4-8-14)22-16(12)20-15-9-5-6-13(18)10-15;1-8-7-13-11(15-10(8)12)14-9-5-3-2-4-6-9;1-11(2,3)15-10(14)13-9-6-4-5-8(12)7-9;7-6-4-2-1-3-5-6;1-3-2-8-5(7)9-4(3)6;1-2-3(4)5;;;;;;/h5-14H,1-4H3,(H,26,28)(H2,23,24,25,27);3-13H,1H2,2H3,(H,22,26)(H2,21,23,24,25);2-11H,18H2,1H3,(H2,19,20,21,22);2-7H,1H3,(H,13,14,15);4-7H,12H2,1-3H3,(H,13,14);1-5H,7H2;2H,1H3;2H,1H2;6*1H4. The Kier molecular flexibility index (Phi) is 52.7. The van der Waals surface area contributed by atoms with E-state index in [1.807, 2.05) is 295 Å². The van der Waals surface area contributed by atoms with Gasteiger partial charge in [0, 0.05) is 133 Å². The van der Waals surface area contributed by atoms with Crippen LogP contribution in [0, 0.1) is 34.6 Å². The number of aromatic nitrogens is 10. The van der Waals surface area contributed by atoms with Gasteiger partial charge in [0.25, 0.3) is 0 Å². The SMILES string of the molecule is C.C.C.C.C.C.C=CC(=O)Cl.C=CC(=O)Nc1cccc(Nc2nc(Nc3ccccc3)ncc2C)c1.CC(C)(C)OC(=O)Nc1cccc(N)c1.Cc1cnc(Cl)nc1Cl.Cc1cnc(Nc2ccccc2)nc1Cl.Cc1cnc(Nc2ccccc2)nc1Nc1cccc(N)c1.Cc1cnc(Nc2ccccc2)nc1Nc1cccc(NC(=O)OC(C)(C)C)c1.Nc1ccccc1. The summed E-state index contributed by atoms with van der Waals surface area (Å²) in [6, 6.07) is 77.7. The number of allylic oxidation sites excluding steroid dienone is 1. The average Bonchev–Trinajstić information content (AvgIpc) is 0.848. The minimum atomic E-state index is -0.555. The number of nitrogens with two attached hydrogens (primary N) is 3. The van der Waals surface area contributed by atoms with Gasteiger partial charge in [-0.2, -0.15) is 15.0 Å². The maximum Gasteiger partial charge on any atom is 0.412 e. The minimum Gasteiger partial charge on any atom is -0.444 e. The highest BCUT2D eigenvalue weighted by Crippen LogP contribution is 2.28. The first-order valence-corrected chi connectivity index (χ1v) is 40.8. The maximum absolute atomic E-state index is 12.0. The fourth-order valence-corrected chi connectivity index (χ4v) is 10.3. The van der Waals surface area contributed by atoms with Crippen molar-refractivity contribution in [1.29, 1.82) is 0 Å². The number of hydrogen-bond donors (Lipinski definition) is 13. The van der Waals surface area contributed by atoms with E-state index in [1.54, 1.807) is 61.3 Å². The molecule has 9 aromatic carbocycles. The number of carbonyl (C=O) groups excluding carboxylic acids is 4. The lowest BCUT2D eigenvalue weighted by molar-refractivity contribution is -0.112. The number of halogens is 4. The number of benzene rings is 9. The highest BCUT2D eigenvalue weighted by atomic mass is 35.5. The van der Waals surface area contributed by atoms with Crippen molar-refractivity contribution in [1.82, 2.24) is 49.8 Å². The van der Waals surface area contributed by atoms with Crippen LogP contribution in [0.5, 0.6) is 0 Å². The summed E-state index contributed by atoms with van der Waals surface area (Å²) in [7, 11) is 0. The minimum absolute atomic E-state index is 0. The molecule has 14 rings (SSSR count). The molecule has 0 aliphatic heterocycles. The zero-order valence-corrected chi connectivity index (χ0v) is 75.3. The zero-order valence-electron chi connectivity index (χ0n) is 72.3. The van der Waals surface area contributed by atoms with E-state index in [1.165, 1.54) is 6.08 Å². The summed E-state index contributed by atoms with van der Waals surface area (Å²) in [5.74, 6) is 3.90. The Morgan fingerprint density at radius 3 is 0.851 bits per heavy atom. The largest absolute Gasteiger partial charge is 0.444 e. The van der Waals surface area contributed by atoms with Crippen molar-refractivity contribution in [3.8, 4) is 0 Å². The van der Waals surface area contributed by atoms with Gasteiger partial charge in [0.2, 0.25) is 40.2 Å². The second-order valence-corrected chi connectivity index (χ2v) is 30.5. The van der Waals surface area contributed by atoms with E-state index in [2.05, 4.69) is 116 Å².